The molecule has 1 aromatic carbocycles. The molecule has 2 unspecified atom stereocenters. The number of carbonyl (C=O) groups is 1. The molecule has 0 heterocycles. The van der Waals surface area contributed by atoms with Crippen LogP contribution in [0.1, 0.15) is 57.6 Å². The van der Waals surface area contributed by atoms with Gasteiger partial charge < -0.3 is 9.47 Å². The standard InChI is InChI=1S/C20H30O3/c1-5-20(19(21)23-13-15(2)3)12-6-7-18(20)22-14-17-10-8-16(4)9-11-17/h8-11,15,18H,5-7,12-14H2,1-4H3. The lowest BCUT2D eigenvalue weighted by Gasteiger charge is -2.32. The average molecular weight is 318 g/mol. The number of benzene rings is 1. The van der Waals surface area contributed by atoms with Crippen LogP contribution >= 0.6 is 0 Å². The summed E-state index contributed by atoms with van der Waals surface area (Å²) in [5.41, 5.74) is 1.94. The molecule has 1 aliphatic rings. The van der Waals surface area contributed by atoms with E-state index in [1.165, 1.54) is 5.56 Å². The quantitative estimate of drug-likeness (QED) is 0.686. The van der Waals surface area contributed by atoms with Crippen LogP contribution in [0.3, 0.4) is 0 Å². The predicted molar refractivity (Wildman–Crippen MR) is 92.1 cm³/mol. The van der Waals surface area contributed by atoms with E-state index in [1.54, 1.807) is 0 Å². The first-order chi connectivity index (χ1) is 11.0. The van der Waals surface area contributed by atoms with Crippen molar-refractivity contribution in [3.8, 4) is 0 Å². The second kappa shape index (κ2) is 7.96. The normalized spacial score (nSPS) is 24.1. The van der Waals surface area contributed by atoms with Gasteiger partial charge in [-0.3, -0.25) is 4.79 Å². The average Bonchev–Trinajstić information content (AvgIpc) is 2.96. The van der Waals surface area contributed by atoms with Crippen LogP contribution in [0.15, 0.2) is 24.3 Å². The molecule has 0 aromatic heterocycles. The van der Waals surface area contributed by atoms with E-state index < -0.39 is 5.41 Å². The number of hydrogen-bond acceptors (Lipinski definition) is 3. The third-order valence-electron chi connectivity index (χ3n) is 4.86. The summed E-state index contributed by atoms with van der Waals surface area (Å²) in [5, 5.41) is 0. The van der Waals surface area contributed by atoms with Crippen molar-refractivity contribution < 1.29 is 14.3 Å². The van der Waals surface area contributed by atoms with Crippen molar-refractivity contribution in [2.24, 2.45) is 11.3 Å². The molecule has 3 heteroatoms. The maximum atomic E-state index is 12.7. The van der Waals surface area contributed by atoms with Gasteiger partial charge in [-0.2, -0.15) is 0 Å². The SMILES string of the molecule is CCC1(C(=O)OCC(C)C)CCCC1OCc1ccc(C)cc1. The van der Waals surface area contributed by atoms with Crippen LogP contribution in [0, 0.1) is 18.3 Å². The van der Waals surface area contributed by atoms with Gasteiger partial charge in [0.05, 0.1) is 24.7 Å². The van der Waals surface area contributed by atoms with Crippen LogP contribution in [0.2, 0.25) is 0 Å². The van der Waals surface area contributed by atoms with Crippen LogP contribution in [0.25, 0.3) is 0 Å². The summed E-state index contributed by atoms with van der Waals surface area (Å²) >= 11 is 0. The van der Waals surface area contributed by atoms with E-state index in [9.17, 15) is 4.79 Å². The summed E-state index contributed by atoms with van der Waals surface area (Å²) in [6, 6.07) is 8.37. The Bertz CT molecular complexity index is 506. The number of rotatable bonds is 7. The summed E-state index contributed by atoms with van der Waals surface area (Å²) in [6.45, 7) is 9.33. The Labute approximate surface area is 140 Å². The highest BCUT2D eigenvalue weighted by Gasteiger charge is 2.49. The first kappa shape index (κ1) is 18.0. The molecule has 0 aliphatic heterocycles. The van der Waals surface area contributed by atoms with Gasteiger partial charge in [0.1, 0.15) is 0 Å². The number of esters is 1. The maximum absolute atomic E-state index is 12.7. The summed E-state index contributed by atoms with van der Waals surface area (Å²) in [5.74, 6) is 0.293. The molecule has 1 saturated carbocycles. The molecule has 0 spiro atoms. The minimum atomic E-state index is -0.459. The van der Waals surface area contributed by atoms with Crippen LogP contribution in [0.4, 0.5) is 0 Å². The molecule has 1 aliphatic carbocycles. The van der Waals surface area contributed by atoms with Crippen molar-refractivity contribution in [2.45, 2.75) is 66.1 Å². The molecule has 3 nitrogen and oxygen atoms in total. The Morgan fingerprint density at radius 2 is 2.00 bits per heavy atom. The molecule has 0 N–H and O–H groups in total. The Morgan fingerprint density at radius 1 is 1.30 bits per heavy atom. The maximum Gasteiger partial charge on any atom is 0.314 e. The lowest BCUT2D eigenvalue weighted by Crippen LogP contribution is -2.41. The van der Waals surface area contributed by atoms with Crippen molar-refractivity contribution >= 4 is 5.97 Å². The first-order valence-corrected chi connectivity index (χ1v) is 8.82. The monoisotopic (exact) mass is 318 g/mol. The van der Waals surface area contributed by atoms with Crippen LogP contribution in [-0.4, -0.2) is 18.7 Å². The van der Waals surface area contributed by atoms with Crippen molar-refractivity contribution in [1.29, 1.82) is 0 Å². The highest BCUT2D eigenvalue weighted by atomic mass is 16.5. The molecule has 0 saturated heterocycles. The fraction of sp³-hybridized carbons (Fsp3) is 0.650. The zero-order valence-electron chi connectivity index (χ0n) is 14.9. The van der Waals surface area contributed by atoms with E-state index in [1.807, 2.05) is 0 Å². The fourth-order valence-corrected chi connectivity index (χ4v) is 3.33. The number of carbonyl (C=O) groups excluding carboxylic acids is 1. The summed E-state index contributed by atoms with van der Waals surface area (Å²) in [6.07, 6.45) is 3.59. The van der Waals surface area contributed by atoms with Gasteiger partial charge in [0.25, 0.3) is 0 Å². The minimum Gasteiger partial charge on any atom is -0.465 e. The second-order valence-corrected chi connectivity index (χ2v) is 7.18. The number of aryl methyl sites for hydroxylation is 1. The first-order valence-electron chi connectivity index (χ1n) is 8.82. The van der Waals surface area contributed by atoms with E-state index in [0.29, 0.717) is 19.1 Å². The van der Waals surface area contributed by atoms with Crippen molar-refractivity contribution in [2.75, 3.05) is 6.61 Å². The summed E-state index contributed by atoms with van der Waals surface area (Å²) in [7, 11) is 0. The van der Waals surface area contributed by atoms with Crippen molar-refractivity contribution in [1.82, 2.24) is 0 Å². The van der Waals surface area contributed by atoms with Crippen LogP contribution in [0.5, 0.6) is 0 Å². The Balaban J connectivity index is 2.01. The van der Waals surface area contributed by atoms with Gasteiger partial charge in [-0.25, -0.2) is 0 Å². The molecule has 2 rings (SSSR count). The molecule has 0 amide bonds. The van der Waals surface area contributed by atoms with Crippen molar-refractivity contribution in [3.63, 3.8) is 0 Å². The number of ether oxygens (including phenoxy) is 2. The van der Waals surface area contributed by atoms with Gasteiger partial charge in [-0.1, -0.05) is 50.6 Å². The summed E-state index contributed by atoms with van der Waals surface area (Å²) in [4.78, 5) is 12.7. The van der Waals surface area contributed by atoms with Gasteiger partial charge in [0, 0.05) is 0 Å². The fourth-order valence-electron chi connectivity index (χ4n) is 3.33. The summed E-state index contributed by atoms with van der Waals surface area (Å²) < 4.78 is 11.7. The third-order valence-corrected chi connectivity index (χ3v) is 4.86. The largest absolute Gasteiger partial charge is 0.465 e. The lowest BCUT2D eigenvalue weighted by molar-refractivity contribution is -0.166. The predicted octanol–water partition coefficient (Wildman–Crippen LogP) is 4.66. The van der Waals surface area contributed by atoms with Crippen molar-refractivity contribution in [3.05, 3.63) is 35.4 Å². The minimum absolute atomic E-state index is 0.0338. The van der Waals surface area contributed by atoms with Gasteiger partial charge in [0.2, 0.25) is 0 Å². The molecular formula is C20H30O3. The molecule has 23 heavy (non-hydrogen) atoms. The van der Waals surface area contributed by atoms with Crippen LogP contribution < -0.4 is 0 Å². The number of hydrogen-bond donors (Lipinski definition) is 0. The molecule has 1 fully saturated rings. The smallest absolute Gasteiger partial charge is 0.314 e. The Hall–Kier alpha value is -1.35. The molecule has 128 valence electrons. The zero-order valence-corrected chi connectivity index (χ0v) is 14.9. The molecule has 0 radical (unpaired) electrons. The molecule has 0 bridgehead atoms. The van der Waals surface area contributed by atoms with Gasteiger partial charge in [0.15, 0.2) is 0 Å². The van der Waals surface area contributed by atoms with Gasteiger partial charge in [-0.15, -0.1) is 0 Å². The zero-order chi connectivity index (χ0) is 16.9. The van der Waals surface area contributed by atoms with E-state index >= 15 is 0 Å². The van der Waals surface area contributed by atoms with Crippen LogP contribution in [-0.2, 0) is 20.9 Å². The Morgan fingerprint density at radius 3 is 2.61 bits per heavy atom. The lowest BCUT2D eigenvalue weighted by atomic mass is 9.81. The van der Waals surface area contributed by atoms with E-state index in [4.69, 9.17) is 9.47 Å². The van der Waals surface area contributed by atoms with Gasteiger partial charge >= 0.3 is 5.97 Å². The molecule has 1 aromatic rings. The third kappa shape index (κ3) is 4.35. The van der Waals surface area contributed by atoms with E-state index in [-0.39, 0.29) is 12.1 Å². The Kier molecular flexibility index (Phi) is 6.23. The molecular weight excluding hydrogens is 288 g/mol. The van der Waals surface area contributed by atoms with E-state index in [0.717, 1.165) is 31.2 Å². The highest BCUT2D eigenvalue weighted by molar-refractivity contribution is 5.78. The van der Waals surface area contributed by atoms with Gasteiger partial charge in [-0.05, 0) is 44.1 Å². The topological polar surface area (TPSA) is 35.5 Å². The molecule has 2 atom stereocenters. The van der Waals surface area contributed by atoms with E-state index in [2.05, 4.69) is 52.0 Å². The second-order valence-electron chi connectivity index (χ2n) is 7.18. The highest BCUT2D eigenvalue weighted by Crippen LogP contribution is 2.44.